The third-order valence-corrected chi connectivity index (χ3v) is 6.06. The van der Waals surface area contributed by atoms with Crippen LogP contribution >= 0.6 is 24.0 Å². The van der Waals surface area contributed by atoms with Crippen molar-refractivity contribution in [1.82, 2.24) is 4.90 Å². The van der Waals surface area contributed by atoms with Crippen LogP contribution < -0.4 is 4.90 Å². The maximum Gasteiger partial charge on any atom is 0.267 e. The van der Waals surface area contributed by atoms with Crippen LogP contribution in [0.25, 0.3) is 5.57 Å². The van der Waals surface area contributed by atoms with Crippen LogP contribution in [-0.4, -0.2) is 47.3 Å². The minimum Gasteiger partial charge on any atom is -0.382 e. The predicted octanol–water partition coefficient (Wildman–Crippen LogP) is 3.83. The van der Waals surface area contributed by atoms with Crippen LogP contribution in [-0.2, 0) is 14.3 Å². The van der Waals surface area contributed by atoms with Crippen molar-refractivity contribution in [1.29, 1.82) is 0 Å². The first-order valence-electron chi connectivity index (χ1n) is 9.37. The van der Waals surface area contributed by atoms with Crippen LogP contribution in [0.15, 0.2) is 29.2 Å². The molecule has 0 atom stereocenters. The molecular formula is C20H24N2O3S2. The Morgan fingerprint density at radius 2 is 1.78 bits per heavy atom. The van der Waals surface area contributed by atoms with Crippen LogP contribution in [0.3, 0.4) is 0 Å². The van der Waals surface area contributed by atoms with E-state index in [0.717, 1.165) is 30.5 Å². The normalized spacial score (nSPS) is 19.4. The number of para-hydroxylation sites is 1. The van der Waals surface area contributed by atoms with Gasteiger partial charge in [-0.1, -0.05) is 55.5 Å². The number of hydrogen-bond donors (Lipinski definition) is 0. The molecule has 0 spiro atoms. The fourth-order valence-corrected chi connectivity index (χ4v) is 4.63. The van der Waals surface area contributed by atoms with E-state index in [1.807, 2.05) is 31.2 Å². The lowest BCUT2D eigenvalue weighted by molar-refractivity contribution is -0.122. The van der Waals surface area contributed by atoms with Crippen LogP contribution in [0, 0.1) is 0 Å². The van der Waals surface area contributed by atoms with Gasteiger partial charge in [-0.25, -0.2) is 0 Å². The van der Waals surface area contributed by atoms with E-state index < -0.39 is 0 Å². The van der Waals surface area contributed by atoms with E-state index in [0.29, 0.717) is 41.1 Å². The summed E-state index contributed by atoms with van der Waals surface area (Å²) in [7, 11) is 0. The number of carbonyl (C=O) groups excluding carboxylic acids is 2. The lowest BCUT2D eigenvalue weighted by atomic mass is 10.1. The number of ether oxygens (including phenoxy) is 1. The molecule has 0 aliphatic carbocycles. The third-order valence-electron chi connectivity index (χ3n) is 4.61. The summed E-state index contributed by atoms with van der Waals surface area (Å²) in [5.41, 5.74) is 2.20. The molecule has 0 N–H and O–H groups in total. The molecule has 1 fully saturated rings. The summed E-state index contributed by atoms with van der Waals surface area (Å²) in [5, 5.41) is 0. The Hall–Kier alpha value is -1.70. The zero-order valence-electron chi connectivity index (χ0n) is 15.7. The molecule has 2 aliphatic heterocycles. The summed E-state index contributed by atoms with van der Waals surface area (Å²) in [4.78, 5) is 30.0. The van der Waals surface area contributed by atoms with E-state index in [9.17, 15) is 9.59 Å². The van der Waals surface area contributed by atoms with Gasteiger partial charge >= 0.3 is 0 Å². The number of benzene rings is 1. The highest BCUT2D eigenvalue weighted by Gasteiger charge is 2.41. The molecule has 0 unspecified atom stereocenters. The Balaban J connectivity index is 1.90. The van der Waals surface area contributed by atoms with Crippen molar-refractivity contribution in [2.75, 3.05) is 31.2 Å². The van der Waals surface area contributed by atoms with Gasteiger partial charge in [-0.3, -0.25) is 14.5 Å². The van der Waals surface area contributed by atoms with E-state index in [1.165, 1.54) is 11.8 Å². The van der Waals surface area contributed by atoms with Gasteiger partial charge in [0.15, 0.2) is 0 Å². The van der Waals surface area contributed by atoms with Crippen molar-refractivity contribution < 1.29 is 14.3 Å². The largest absolute Gasteiger partial charge is 0.382 e. The van der Waals surface area contributed by atoms with Crippen molar-refractivity contribution in [2.45, 2.75) is 33.1 Å². The smallest absolute Gasteiger partial charge is 0.267 e. The second-order valence-electron chi connectivity index (χ2n) is 6.41. The molecule has 27 heavy (non-hydrogen) atoms. The molecule has 0 radical (unpaired) electrons. The molecule has 5 nitrogen and oxygen atoms in total. The molecule has 1 aromatic carbocycles. The fourth-order valence-electron chi connectivity index (χ4n) is 3.25. The lowest BCUT2D eigenvalue weighted by Crippen LogP contribution is -2.31. The molecule has 2 heterocycles. The molecule has 1 saturated heterocycles. The molecule has 144 valence electrons. The number of thiocarbonyl (C=S) groups is 1. The van der Waals surface area contributed by atoms with E-state index in [-0.39, 0.29) is 11.8 Å². The Bertz CT molecular complexity index is 791. The first-order chi connectivity index (χ1) is 13.1. The summed E-state index contributed by atoms with van der Waals surface area (Å²) >= 11 is 6.65. The monoisotopic (exact) mass is 404 g/mol. The van der Waals surface area contributed by atoms with E-state index in [2.05, 4.69) is 6.92 Å². The van der Waals surface area contributed by atoms with Gasteiger partial charge in [-0.2, -0.15) is 0 Å². The number of rotatable bonds is 8. The Morgan fingerprint density at radius 3 is 2.52 bits per heavy atom. The highest BCUT2D eigenvalue weighted by molar-refractivity contribution is 8.26. The number of thioether (sulfide) groups is 1. The average molecular weight is 405 g/mol. The Morgan fingerprint density at radius 1 is 1.04 bits per heavy atom. The summed E-state index contributed by atoms with van der Waals surface area (Å²) in [6.45, 7) is 6.45. The zero-order chi connectivity index (χ0) is 19.4. The molecular weight excluding hydrogens is 380 g/mol. The zero-order valence-corrected chi connectivity index (χ0v) is 17.3. The standard InChI is InChI=1S/C20H24N2O3S2/c1-3-5-11-21-15-10-7-6-9-14(15)16(18(21)23)17-19(24)22(20(26)27-17)12-8-13-25-4-2/h6-7,9-10H,3-5,8,11-13H2,1-2H3/b17-16-. The first kappa shape index (κ1) is 20.0. The number of hydrogen-bond acceptors (Lipinski definition) is 5. The van der Waals surface area contributed by atoms with Gasteiger partial charge < -0.3 is 9.64 Å². The average Bonchev–Trinajstić information content (AvgIpc) is 3.10. The second kappa shape index (κ2) is 8.99. The van der Waals surface area contributed by atoms with Crippen molar-refractivity contribution in [3.63, 3.8) is 0 Å². The van der Waals surface area contributed by atoms with Crippen molar-refractivity contribution in [2.24, 2.45) is 0 Å². The number of fused-ring (bicyclic) bond motifs is 1. The number of amides is 2. The van der Waals surface area contributed by atoms with Gasteiger partial charge in [0.05, 0.1) is 16.2 Å². The fraction of sp³-hybridized carbons (Fsp3) is 0.450. The number of unbranched alkanes of at least 4 members (excludes halogenated alkanes) is 1. The summed E-state index contributed by atoms with van der Waals surface area (Å²) in [5.74, 6) is -0.267. The molecule has 1 aromatic rings. The second-order valence-corrected chi connectivity index (χ2v) is 8.05. The lowest BCUT2D eigenvalue weighted by Gasteiger charge is -2.16. The molecule has 7 heteroatoms. The highest BCUT2D eigenvalue weighted by Crippen LogP contribution is 2.44. The Labute approximate surface area is 169 Å². The summed E-state index contributed by atoms with van der Waals surface area (Å²) in [6, 6.07) is 7.68. The van der Waals surface area contributed by atoms with Crippen LogP contribution in [0.4, 0.5) is 5.69 Å². The maximum absolute atomic E-state index is 13.1. The van der Waals surface area contributed by atoms with E-state index in [4.69, 9.17) is 17.0 Å². The minimum atomic E-state index is -0.169. The first-order valence-corrected chi connectivity index (χ1v) is 10.6. The number of anilines is 1. The molecule has 0 bridgehead atoms. The van der Waals surface area contributed by atoms with E-state index in [1.54, 1.807) is 9.80 Å². The molecule has 0 saturated carbocycles. The van der Waals surface area contributed by atoms with Crippen molar-refractivity contribution in [3.8, 4) is 0 Å². The topological polar surface area (TPSA) is 49.9 Å². The molecule has 0 aromatic heterocycles. The molecule has 2 amide bonds. The molecule has 2 aliphatic rings. The van der Waals surface area contributed by atoms with Crippen LogP contribution in [0.2, 0.25) is 0 Å². The molecule has 3 rings (SSSR count). The van der Waals surface area contributed by atoms with Crippen molar-refractivity contribution in [3.05, 3.63) is 34.7 Å². The summed E-state index contributed by atoms with van der Waals surface area (Å²) in [6.07, 6.45) is 2.64. The van der Waals surface area contributed by atoms with Gasteiger partial charge in [0.25, 0.3) is 11.8 Å². The van der Waals surface area contributed by atoms with Crippen molar-refractivity contribution >= 4 is 51.4 Å². The van der Waals surface area contributed by atoms with Gasteiger partial charge in [0.1, 0.15) is 4.32 Å². The predicted molar refractivity (Wildman–Crippen MR) is 114 cm³/mol. The maximum atomic E-state index is 13.1. The van der Waals surface area contributed by atoms with E-state index >= 15 is 0 Å². The third kappa shape index (κ3) is 3.95. The number of carbonyl (C=O) groups is 2. The van der Waals surface area contributed by atoms with Gasteiger partial charge in [0.2, 0.25) is 0 Å². The quantitative estimate of drug-likeness (QED) is 0.374. The minimum absolute atomic E-state index is 0.0977. The SMILES string of the molecule is CCCCN1C(=O)/C(=C2\SC(=S)N(CCCOCC)C2=O)c2ccccc21. The van der Waals surface area contributed by atoms with Gasteiger partial charge in [-0.15, -0.1) is 0 Å². The van der Waals surface area contributed by atoms with Crippen LogP contribution in [0.1, 0.15) is 38.7 Å². The Kier molecular flexibility index (Phi) is 6.68. The number of nitrogens with zero attached hydrogens (tertiary/aromatic N) is 2. The summed E-state index contributed by atoms with van der Waals surface area (Å²) < 4.78 is 5.86. The van der Waals surface area contributed by atoms with Gasteiger partial charge in [-0.05, 0) is 25.8 Å². The van der Waals surface area contributed by atoms with Crippen LogP contribution in [0.5, 0.6) is 0 Å². The van der Waals surface area contributed by atoms with Gasteiger partial charge in [0, 0.05) is 31.9 Å². The highest BCUT2D eigenvalue weighted by atomic mass is 32.2.